The number of hydrogen-bond donors (Lipinski definition) is 1. The van der Waals surface area contributed by atoms with Gasteiger partial charge in [0.2, 0.25) is 0 Å². The van der Waals surface area contributed by atoms with E-state index in [1.54, 1.807) is 25.3 Å². The molecule has 0 saturated carbocycles. The number of methoxy groups -OCH3 is 1. The molecule has 2 N–H and O–H groups in total. The maximum absolute atomic E-state index is 12.7. The highest BCUT2D eigenvalue weighted by molar-refractivity contribution is 5.64. The molecule has 0 spiro atoms. The van der Waals surface area contributed by atoms with Crippen molar-refractivity contribution in [1.29, 1.82) is 0 Å². The summed E-state index contributed by atoms with van der Waals surface area (Å²) in [5.41, 5.74) is 7.69. The predicted molar refractivity (Wildman–Crippen MR) is 88.4 cm³/mol. The molecule has 0 radical (unpaired) electrons. The molecule has 1 fully saturated rings. The van der Waals surface area contributed by atoms with E-state index in [9.17, 15) is 13.2 Å². The van der Waals surface area contributed by atoms with Crippen LogP contribution in [0.1, 0.15) is 23.5 Å². The second kappa shape index (κ2) is 6.26. The third kappa shape index (κ3) is 3.27. The largest absolute Gasteiger partial charge is 0.495 e. The number of nitrogens with two attached hydrogens (primary N) is 1. The summed E-state index contributed by atoms with van der Waals surface area (Å²) < 4.78 is 43.4. The number of ether oxygens (including phenoxy) is 1. The normalized spacial score (nSPS) is 18.0. The Labute approximate surface area is 138 Å². The first-order valence-corrected chi connectivity index (χ1v) is 7.74. The molecular weight excluding hydrogens is 317 g/mol. The van der Waals surface area contributed by atoms with Gasteiger partial charge in [0, 0.05) is 30.8 Å². The smallest absolute Gasteiger partial charge is 0.416 e. The molecule has 0 bridgehead atoms. The highest BCUT2D eigenvalue weighted by Gasteiger charge is 2.31. The number of nitrogen functional groups attached to an aromatic ring is 1. The Morgan fingerprint density at radius 1 is 1.12 bits per heavy atom. The van der Waals surface area contributed by atoms with E-state index in [4.69, 9.17) is 10.5 Å². The standard InChI is InChI=1S/C18H19F3N2O/c1-24-17-10-15(22)6-7-16(17)23-9-8-13(11-23)12-2-4-14(5-3-12)18(19,20)21/h2-7,10,13H,8-9,11,22H2,1H3. The van der Waals surface area contributed by atoms with Crippen LogP contribution in [0.5, 0.6) is 5.75 Å². The summed E-state index contributed by atoms with van der Waals surface area (Å²) in [5.74, 6) is 0.914. The van der Waals surface area contributed by atoms with Gasteiger partial charge in [-0.1, -0.05) is 12.1 Å². The van der Waals surface area contributed by atoms with Crippen LogP contribution in [0.15, 0.2) is 42.5 Å². The van der Waals surface area contributed by atoms with Gasteiger partial charge in [-0.2, -0.15) is 13.2 Å². The van der Waals surface area contributed by atoms with Crippen molar-refractivity contribution in [3.8, 4) is 5.75 Å². The summed E-state index contributed by atoms with van der Waals surface area (Å²) in [6.07, 6.45) is -3.41. The highest BCUT2D eigenvalue weighted by Crippen LogP contribution is 2.37. The summed E-state index contributed by atoms with van der Waals surface area (Å²) in [7, 11) is 1.60. The molecule has 0 aliphatic carbocycles. The zero-order valence-corrected chi connectivity index (χ0v) is 13.3. The fraction of sp³-hybridized carbons (Fsp3) is 0.333. The molecule has 128 valence electrons. The second-order valence-electron chi connectivity index (χ2n) is 5.98. The Morgan fingerprint density at radius 3 is 2.46 bits per heavy atom. The maximum Gasteiger partial charge on any atom is 0.416 e. The lowest BCUT2D eigenvalue weighted by atomic mass is 9.97. The molecule has 3 nitrogen and oxygen atoms in total. The number of nitrogens with zero attached hydrogens (tertiary/aromatic N) is 1. The third-order valence-electron chi connectivity index (χ3n) is 4.44. The Morgan fingerprint density at radius 2 is 1.83 bits per heavy atom. The fourth-order valence-corrected chi connectivity index (χ4v) is 3.15. The van der Waals surface area contributed by atoms with Crippen LogP contribution in [0.25, 0.3) is 0 Å². The summed E-state index contributed by atoms with van der Waals surface area (Å²) in [5, 5.41) is 0. The highest BCUT2D eigenvalue weighted by atomic mass is 19.4. The van der Waals surface area contributed by atoms with Gasteiger partial charge in [0.15, 0.2) is 0 Å². The zero-order chi connectivity index (χ0) is 17.3. The Hall–Kier alpha value is -2.37. The number of halogens is 3. The van der Waals surface area contributed by atoms with Gasteiger partial charge in [0.25, 0.3) is 0 Å². The monoisotopic (exact) mass is 336 g/mol. The van der Waals surface area contributed by atoms with Gasteiger partial charge in [-0.15, -0.1) is 0 Å². The Kier molecular flexibility index (Phi) is 4.30. The lowest BCUT2D eigenvalue weighted by Crippen LogP contribution is -2.20. The van der Waals surface area contributed by atoms with Gasteiger partial charge in [0.1, 0.15) is 5.75 Å². The molecule has 1 atom stereocenters. The fourth-order valence-electron chi connectivity index (χ4n) is 3.15. The van der Waals surface area contributed by atoms with E-state index in [1.165, 1.54) is 0 Å². The van der Waals surface area contributed by atoms with Crippen LogP contribution >= 0.6 is 0 Å². The molecule has 3 rings (SSSR count). The molecule has 1 aliphatic heterocycles. The summed E-state index contributed by atoms with van der Waals surface area (Å²) >= 11 is 0. The van der Waals surface area contributed by atoms with Gasteiger partial charge < -0.3 is 15.4 Å². The third-order valence-corrected chi connectivity index (χ3v) is 4.44. The molecule has 1 aliphatic rings. The van der Waals surface area contributed by atoms with E-state index in [2.05, 4.69) is 4.90 Å². The quantitative estimate of drug-likeness (QED) is 0.850. The molecule has 1 saturated heterocycles. The first kappa shape index (κ1) is 16.5. The van der Waals surface area contributed by atoms with Crippen LogP contribution < -0.4 is 15.4 Å². The Balaban J connectivity index is 1.76. The zero-order valence-electron chi connectivity index (χ0n) is 13.3. The molecule has 2 aromatic rings. The van der Waals surface area contributed by atoms with Crippen molar-refractivity contribution in [3.63, 3.8) is 0 Å². The van der Waals surface area contributed by atoms with Gasteiger partial charge in [-0.3, -0.25) is 0 Å². The molecule has 24 heavy (non-hydrogen) atoms. The van der Waals surface area contributed by atoms with Crippen LogP contribution in [0, 0.1) is 0 Å². The molecule has 1 heterocycles. The van der Waals surface area contributed by atoms with E-state index in [0.717, 1.165) is 42.9 Å². The number of rotatable bonds is 3. The minimum Gasteiger partial charge on any atom is -0.495 e. The van der Waals surface area contributed by atoms with Crippen molar-refractivity contribution in [2.24, 2.45) is 0 Å². The van der Waals surface area contributed by atoms with E-state index >= 15 is 0 Å². The lowest BCUT2D eigenvalue weighted by Gasteiger charge is -2.22. The summed E-state index contributed by atoms with van der Waals surface area (Å²) in [6, 6.07) is 11.0. The van der Waals surface area contributed by atoms with Crippen molar-refractivity contribution in [2.45, 2.75) is 18.5 Å². The molecule has 6 heteroatoms. The minimum atomic E-state index is -4.29. The van der Waals surface area contributed by atoms with Gasteiger partial charge in [0.05, 0.1) is 18.4 Å². The molecule has 0 aromatic heterocycles. The average Bonchev–Trinajstić information content (AvgIpc) is 3.03. The second-order valence-corrected chi connectivity index (χ2v) is 5.98. The maximum atomic E-state index is 12.7. The van der Waals surface area contributed by atoms with Crippen LogP contribution in [0.2, 0.25) is 0 Å². The van der Waals surface area contributed by atoms with Crippen molar-refractivity contribution in [2.75, 3.05) is 30.8 Å². The van der Waals surface area contributed by atoms with Gasteiger partial charge >= 0.3 is 6.18 Å². The van der Waals surface area contributed by atoms with Gasteiger partial charge in [-0.25, -0.2) is 0 Å². The van der Waals surface area contributed by atoms with E-state index in [1.807, 2.05) is 12.1 Å². The van der Waals surface area contributed by atoms with Crippen molar-refractivity contribution in [1.82, 2.24) is 0 Å². The first-order valence-electron chi connectivity index (χ1n) is 7.74. The van der Waals surface area contributed by atoms with Crippen molar-refractivity contribution >= 4 is 11.4 Å². The lowest BCUT2D eigenvalue weighted by molar-refractivity contribution is -0.137. The number of benzene rings is 2. The van der Waals surface area contributed by atoms with Crippen LogP contribution in [0.3, 0.4) is 0 Å². The number of hydrogen-bond acceptors (Lipinski definition) is 3. The molecule has 2 aromatic carbocycles. The summed E-state index contributed by atoms with van der Waals surface area (Å²) in [6.45, 7) is 1.57. The number of anilines is 2. The topological polar surface area (TPSA) is 38.5 Å². The summed E-state index contributed by atoms with van der Waals surface area (Å²) in [4.78, 5) is 2.18. The van der Waals surface area contributed by atoms with Crippen LogP contribution in [-0.2, 0) is 6.18 Å². The number of alkyl halides is 3. The van der Waals surface area contributed by atoms with E-state index in [0.29, 0.717) is 11.4 Å². The molecule has 1 unspecified atom stereocenters. The molecular formula is C18H19F3N2O. The van der Waals surface area contributed by atoms with Crippen molar-refractivity contribution < 1.29 is 17.9 Å². The van der Waals surface area contributed by atoms with Crippen LogP contribution in [0.4, 0.5) is 24.5 Å². The van der Waals surface area contributed by atoms with Gasteiger partial charge in [-0.05, 0) is 36.2 Å². The van der Waals surface area contributed by atoms with Crippen molar-refractivity contribution in [3.05, 3.63) is 53.6 Å². The van der Waals surface area contributed by atoms with E-state index < -0.39 is 11.7 Å². The first-order chi connectivity index (χ1) is 11.4. The average molecular weight is 336 g/mol. The van der Waals surface area contributed by atoms with Crippen LogP contribution in [-0.4, -0.2) is 20.2 Å². The minimum absolute atomic E-state index is 0.203. The van der Waals surface area contributed by atoms with E-state index in [-0.39, 0.29) is 5.92 Å². The molecule has 0 amide bonds. The Bertz CT molecular complexity index is 713. The SMILES string of the molecule is COc1cc(N)ccc1N1CCC(c2ccc(C(F)(F)F)cc2)C1. The predicted octanol–water partition coefficient (Wildman–Crippen LogP) is 4.29.